The molecule has 1 unspecified atom stereocenters. The van der Waals surface area contributed by atoms with Crippen LogP contribution in [-0.4, -0.2) is 24.7 Å². The molecule has 13 heavy (non-hydrogen) atoms. The Hall–Kier alpha value is -0.0800. The van der Waals surface area contributed by atoms with E-state index in [1.54, 1.807) is 0 Å². The van der Waals surface area contributed by atoms with Gasteiger partial charge in [0.15, 0.2) is 0 Å². The van der Waals surface area contributed by atoms with Crippen molar-refractivity contribution >= 4 is 0 Å². The third kappa shape index (κ3) is 8.26. The second-order valence-electron chi connectivity index (χ2n) is 5.16. The molecule has 2 N–H and O–H groups in total. The van der Waals surface area contributed by atoms with E-state index in [9.17, 15) is 0 Å². The Morgan fingerprint density at radius 3 is 1.92 bits per heavy atom. The molecule has 0 aliphatic rings. The molecular weight excluding hydrogens is 160 g/mol. The highest BCUT2D eigenvalue weighted by Crippen LogP contribution is 1.99. The Labute approximate surface area is 83.5 Å². The van der Waals surface area contributed by atoms with Gasteiger partial charge in [-0.3, -0.25) is 0 Å². The quantitative estimate of drug-likeness (QED) is 0.642. The van der Waals surface area contributed by atoms with Gasteiger partial charge in [-0.15, -0.1) is 0 Å². The van der Waals surface area contributed by atoms with Crippen molar-refractivity contribution in [2.24, 2.45) is 5.92 Å². The molecule has 0 bridgehead atoms. The first-order valence-electron chi connectivity index (χ1n) is 5.31. The van der Waals surface area contributed by atoms with E-state index >= 15 is 0 Å². The summed E-state index contributed by atoms with van der Waals surface area (Å²) in [7, 11) is 0. The third-order valence-electron chi connectivity index (χ3n) is 2.25. The molecule has 0 aromatic heterocycles. The summed E-state index contributed by atoms with van der Waals surface area (Å²) in [6.07, 6.45) is 0. The zero-order valence-corrected chi connectivity index (χ0v) is 10.1. The van der Waals surface area contributed by atoms with Gasteiger partial charge >= 0.3 is 0 Å². The molecule has 0 heterocycles. The fraction of sp³-hybridized carbons (Fsp3) is 1.00. The van der Waals surface area contributed by atoms with E-state index in [0.717, 1.165) is 19.0 Å². The van der Waals surface area contributed by atoms with Crippen molar-refractivity contribution in [2.45, 2.75) is 53.1 Å². The first-order valence-corrected chi connectivity index (χ1v) is 5.31. The summed E-state index contributed by atoms with van der Waals surface area (Å²) in [5.41, 5.74) is 0.239. The van der Waals surface area contributed by atoms with Gasteiger partial charge in [-0.05, 0) is 33.6 Å². The molecule has 80 valence electrons. The molecule has 0 amide bonds. The highest BCUT2D eigenvalue weighted by Gasteiger charge is 2.08. The lowest BCUT2D eigenvalue weighted by Gasteiger charge is -2.22. The predicted octanol–water partition coefficient (Wildman–Crippen LogP) is 2.01. The van der Waals surface area contributed by atoms with Gasteiger partial charge in [0, 0.05) is 24.7 Å². The van der Waals surface area contributed by atoms with Crippen molar-refractivity contribution in [3.8, 4) is 0 Å². The van der Waals surface area contributed by atoms with Crippen LogP contribution in [0.4, 0.5) is 0 Å². The van der Waals surface area contributed by atoms with E-state index in [1.165, 1.54) is 0 Å². The summed E-state index contributed by atoms with van der Waals surface area (Å²) in [6.45, 7) is 15.4. The van der Waals surface area contributed by atoms with Crippen LogP contribution in [0.25, 0.3) is 0 Å². The van der Waals surface area contributed by atoms with Crippen molar-refractivity contribution in [3.05, 3.63) is 0 Å². The van der Waals surface area contributed by atoms with Gasteiger partial charge in [-0.1, -0.05) is 13.8 Å². The van der Waals surface area contributed by atoms with Crippen molar-refractivity contribution in [2.75, 3.05) is 13.1 Å². The number of nitrogens with one attached hydrogen (secondary N) is 2. The lowest BCUT2D eigenvalue weighted by atomic mass is 10.1. The van der Waals surface area contributed by atoms with Crippen LogP contribution in [0, 0.1) is 5.92 Å². The molecular formula is C11H26N2. The first kappa shape index (κ1) is 12.9. The Balaban J connectivity index is 3.36. The molecule has 0 saturated carbocycles. The van der Waals surface area contributed by atoms with Crippen LogP contribution in [0.2, 0.25) is 0 Å². The van der Waals surface area contributed by atoms with Crippen LogP contribution in [0.3, 0.4) is 0 Å². The summed E-state index contributed by atoms with van der Waals surface area (Å²) in [5, 5.41) is 6.95. The lowest BCUT2D eigenvalue weighted by Crippen LogP contribution is -2.42. The van der Waals surface area contributed by atoms with Gasteiger partial charge < -0.3 is 10.6 Å². The Morgan fingerprint density at radius 1 is 1.00 bits per heavy atom. The van der Waals surface area contributed by atoms with Crippen molar-refractivity contribution < 1.29 is 0 Å². The standard InChI is InChI=1S/C11H26N2/c1-9(2)10(3)12-7-8-13-11(4,5)6/h9-10,12-13H,7-8H2,1-6H3. The molecule has 0 radical (unpaired) electrons. The average molecular weight is 186 g/mol. The van der Waals surface area contributed by atoms with Crippen LogP contribution < -0.4 is 10.6 Å². The average Bonchev–Trinajstić information content (AvgIpc) is 1.95. The first-order chi connectivity index (χ1) is 5.83. The molecule has 0 aliphatic heterocycles. The summed E-state index contributed by atoms with van der Waals surface area (Å²) in [4.78, 5) is 0. The Bertz CT molecular complexity index is 125. The van der Waals surface area contributed by atoms with Crippen LogP contribution in [0.5, 0.6) is 0 Å². The second-order valence-corrected chi connectivity index (χ2v) is 5.16. The van der Waals surface area contributed by atoms with E-state index in [2.05, 4.69) is 52.2 Å². The molecule has 1 atom stereocenters. The molecule has 0 saturated heterocycles. The molecule has 0 aromatic rings. The monoisotopic (exact) mass is 186 g/mol. The van der Waals surface area contributed by atoms with E-state index in [0.29, 0.717) is 6.04 Å². The highest BCUT2D eigenvalue weighted by atomic mass is 15.0. The van der Waals surface area contributed by atoms with Crippen molar-refractivity contribution in [3.63, 3.8) is 0 Å². The second kappa shape index (κ2) is 5.61. The molecule has 0 rings (SSSR count). The normalized spacial score (nSPS) is 15.0. The fourth-order valence-corrected chi connectivity index (χ4v) is 0.973. The molecule has 0 aliphatic carbocycles. The molecule has 0 fully saturated rings. The maximum atomic E-state index is 3.49. The van der Waals surface area contributed by atoms with Gasteiger partial charge in [0.1, 0.15) is 0 Å². The van der Waals surface area contributed by atoms with Gasteiger partial charge in [-0.2, -0.15) is 0 Å². The van der Waals surface area contributed by atoms with E-state index in [4.69, 9.17) is 0 Å². The largest absolute Gasteiger partial charge is 0.313 e. The minimum Gasteiger partial charge on any atom is -0.313 e. The van der Waals surface area contributed by atoms with Crippen molar-refractivity contribution in [1.29, 1.82) is 0 Å². The van der Waals surface area contributed by atoms with Gasteiger partial charge in [-0.25, -0.2) is 0 Å². The molecule has 2 nitrogen and oxygen atoms in total. The van der Waals surface area contributed by atoms with Crippen LogP contribution in [0.1, 0.15) is 41.5 Å². The minimum absolute atomic E-state index is 0.239. The lowest BCUT2D eigenvalue weighted by molar-refractivity contribution is 0.387. The topological polar surface area (TPSA) is 24.1 Å². The SMILES string of the molecule is CC(C)C(C)NCCNC(C)(C)C. The predicted molar refractivity (Wildman–Crippen MR) is 60.1 cm³/mol. The maximum Gasteiger partial charge on any atom is 0.00970 e. The smallest absolute Gasteiger partial charge is 0.00970 e. The van der Waals surface area contributed by atoms with E-state index in [1.807, 2.05) is 0 Å². The molecule has 0 aromatic carbocycles. The zero-order valence-electron chi connectivity index (χ0n) is 10.1. The van der Waals surface area contributed by atoms with Crippen LogP contribution >= 0.6 is 0 Å². The third-order valence-corrected chi connectivity index (χ3v) is 2.25. The van der Waals surface area contributed by atoms with Crippen molar-refractivity contribution in [1.82, 2.24) is 10.6 Å². The number of rotatable bonds is 5. The van der Waals surface area contributed by atoms with E-state index < -0.39 is 0 Å². The fourth-order valence-electron chi connectivity index (χ4n) is 0.973. The Morgan fingerprint density at radius 2 is 1.54 bits per heavy atom. The zero-order chi connectivity index (χ0) is 10.5. The summed E-state index contributed by atoms with van der Waals surface area (Å²) in [5.74, 6) is 0.717. The Kier molecular flexibility index (Phi) is 5.57. The molecule has 2 heteroatoms. The highest BCUT2D eigenvalue weighted by molar-refractivity contribution is 4.72. The minimum atomic E-state index is 0.239. The number of hydrogen-bond acceptors (Lipinski definition) is 2. The van der Waals surface area contributed by atoms with Crippen LogP contribution in [0.15, 0.2) is 0 Å². The van der Waals surface area contributed by atoms with Gasteiger partial charge in [0.25, 0.3) is 0 Å². The van der Waals surface area contributed by atoms with Crippen LogP contribution in [-0.2, 0) is 0 Å². The van der Waals surface area contributed by atoms with E-state index in [-0.39, 0.29) is 5.54 Å². The summed E-state index contributed by atoms with van der Waals surface area (Å²) >= 11 is 0. The summed E-state index contributed by atoms with van der Waals surface area (Å²) in [6, 6.07) is 0.613. The number of hydrogen-bond donors (Lipinski definition) is 2. The maximum absolute atomic E-state index is 3.49. The summed E-state index contributed by atoms with van der Waals surface area (Å²) < 4.78 is 0. The van der Waals surface area contributed by atoms with Gasteiger partial charge in [0.05, 0.1) is 0 Å². The molecule has 0 spiro atoms. The van der Waals surface area contributed by atoms with Gasteiger partial charge in [0.2, 0.25) is 0 Å².